The number of ether oxygens (including phenoxy) is 1. The van der Waals surface area contributed by atoms with E-state index in [4.69, 9.17) is 4.74 Å². The van der Waals surface area contributed by atoms with Gasteiger partial charge in [0.2, 0.25) is 0 Å². The molecule has 0 saturated carbocycles. The molecule has 0 fully saturated rings. The zero-order chi connectivity index (χ0) is 12.0. The molecular formula is C12H15Br2FO. The Balaban J connectivity index is 2.95. The van der Waals surface area contributed by atoms with Crippen molar-refractivity contribution in [3.8, 4) is 0 Å². The van der Waals surface area contributed by atoms with Crippen LogP contribution in [0.25, 0.3) is 0 Å². The normalized spacial score (nSPS) is 11.8. The van der Waals surface area contributed by atoms with Gasteiger partial charge in [0, 0.05) is 22.7 Å². The highest BCUT2D eigenvalue weighted by molar-refractivity contribution is 9.09. The quantitative estimate of drug-likeness (QED) is 0.705. The summed E-state index contributed by atoms with van der Waals surface area (Å²) in [6.45, 7) is 3.27. The standard InChI is InChI=1S/C12H15Br2FO/c1-2-16-9-12(7-13,8-14)10-3-5-11(15)6-4-10/h3-6H,2,7-9H2,1H3. The predicted octanol–water partition coefficient (Wildman–Crippen LogP) is 3.89. The summed E-state index contributed by atoms with van der Waals surface area (Å²) in [5.41, 5.74) is 0.945. The Labute approximate surface area is 113 Å². The Morgan fingerprint density at radius 3 is 2.19 bits per heavy atom. The van der Waals surface area contributed by atoms with Crippen LogP contribution in [0.5, 0.6) is 0 Å². The van der Waals surface area contributed by atoms with Gasteiger partial charge in [0.1, 0.15) is 5.82 Å². The van der Waals surface area contributed by atoms with Gasteiger partial charge in [-0.3, -0.25) is 0 Å². The van der Waals surface area contributed by atoms with Crippen LogP contribution in [-0.2, 0) is 10.2 Å². The van der Waals surface area contributed by atoms with Crippen LogP contribution in [0.4, 0.5) is 4.39 Å². The number of halogens is 3. The van der Waals surface area contributed by atoms with E-state index in [1.165, 1.54) is 12.1 Å². The third-order valence-corrected chi connectivity index (χ3v) is 4.70. The second-order valence-corrected chi connectivity index (χ2v) is 4.81. The van der Waals surface area contributed by atoms with Crippen molar-refractivity contribution in [1.82, 2.24) is 0 Å². The number of hydrogen-bond acceptors (Lipinski definition) is 1. The lowest BCUT2D eigenvalue weighted by Crippen LogP contribution is -2.35. The zero-order valence-electron chi connectivity index (χ0n) is 9.18. The van der Waals surface area contributed by atoms with E-state index in [0.717, 1.165) is 16.2 Å². The molecule has 0 spiro atoms. The minimum Gasteiger partial charge on any atom is -0.381 e. The fourth-order valence-corrected chi connectivity index (χ4v) is 3.35. The van der Waals surface area contributed by atoms with Gasteiger partial charge < -0.3 is 4.74 Å². The van der Waals surface area contributed by atoms with Crippen LogP contribution in [0.3, 0.4) is 0 Å². The van der Waals surface area contributed by atoms with Crippen molar-refractivity contribution in [2.75, 3.05) is 23.9 Å². The van der Waals surface area contributed by atoms with Crippen molar-refractivity contribution < 1.29 is 9.13 Å². The first-order valence-corrected chi connectivity index (χ1v) is 7.38. The summed E-state index contributed by atoms with van der Waals surface area (Å²) in [4.78, 5) is 0. The lowest BCUT2D eigenvalue weighted by Gasteiger charge is -2.30. The number of benzene rings is 1. The van der Waals surface area contributed by atoms with Crippen molar-refractivity contribution >= 4 is 31.9 Å². The Bertz CT molecular complexity index is 309. The smallest absolute Gasteiger partial charge is 0.123 e. The highest BCUT2D eigenvalue weighted by Gasteiger charge is 2.30. The second-order valence-electron chi connectivity index (χ2n) is 3.69. The van der Waals surface area contributed by atoms with Crippen molar-refractivity contribution in [2.45, 2.75) is 12.3 Å². The van der Waals surface area contributed by atoms with Gasteiger partial charge in [-0.05, 0) is 24.6 Å². The van der Waals surface area contributed by atoms with Gasteiger partial charge in [0.15, 0.2) is 0 Å². The molecule has 0 saturated heterocycles. The van der Waals surface area contributed by atoms with Crippen LogP contribution in [0, 0.1) is 5.82 Å². The summed E-state index contributed by atoms with van der Waals surface area (Å²) < 4.78 is 18.4. The van der Waals surface area contributed by atoms with E-state index in [1.54, 1.807) is 0 Å². The zero-order valence-corrected chi connectivity index (χ0v) is 12.4. The van der Waals surface area contributed by atoms with Crippen LogP contribution in [-0.4, -0.2) is 23.9 Å². The minimum absolute atomic E-state index is 0.135. The largest absolute Gasteiger partial charge is 0.381 e. The molecular weight excluding hydrogens is 339 g/mol. The van der Waals surface area contributed by atoms with Crippen LogP contribution < -0.4 is 0 Å². The Morgan fingerprint density at radius 1 is 1.19 bits per heavy atom. The van der Waals surface area contributed by atoms with Crippen molar-refractivity contribution in [1.29, 1.82) is 0 Å². The SMILES string of the molecule is CCOCC(CBr)(CBr)c1ccc(F)cc1. The number of hydrogen-bond donors (Lipinski definition) is 0. The van der Waals surface area contributed by atoms with Gasteiger partial charge in [-0.15, -0.1) is 0 Å². The molecule has 1 rings (SSSR count). The fourth-order valence-electron chi connectivity index (χ4n) is 1.45. The summed E-state index contributed by atoms with van der Waals surface area (Å²) in [6.07, 6.45) is 0. The van der Waals surface area contributed by atoms with Gasteiger partial charge in [-0.25, -0.2) is 4.39 Å². The summed E-state index contributed by atoms with van der Waals surface area (Å²) in [5, 5.41) is 1.55. The van der Waals surface area contributed by atoms with Crippen LogP contribution >= 0.6 is 31.9 Å². The Hall–Kier alpha value is 0.0700. The van der Waals surface area contributed by atoms with Crippen LogP contribution in [0.15, 0.2) is 24.3 Å². The van der Waals surface area contributed by atoms with Gasteiger partial charge in [-0.2, -0.15) is 0 Å². The molecule has 1 aromatic rings. The van der Waals surface area contributed by atoms with E-state index < -0.39 is 0 Å². The fraction of sp³-hybridized carbons (Fsp3) is 0.500. The first-order valence-electron chi connectivity index (χ1n) is 5.14. The molecule has 0 amide bonds. The third-order valence-electron chi connectivity index (χ3n) is 2.55. The lowest BCUT2D eigenvalue weighted by molar-refractivity contribution is 0.109. The summed E-state index contributed by atoms with van der Waals surface area (Å²) in [7, 11) is 0. The predicted molar refractivity (Wildman–Crippen MR) is 72.2 cm³/mol. The van der Waals surface area contributed by atoms with Crippen molar-refractivity contribution in [2.24, 2.45) is 0 Å². The first kappa shape index (κ1) is 14.1. The molecule has 0 atom stereocenters. The molecule has 0 aliphatic rings. The van der Waals surface area contributed by atoms with Crippen LogP contribution in [0.1, 0.15) is 12.5 Å². The van der Waals surface area contributed by atoms with Gasteiger partial charge in [-0.1, -0.05) is 44.0 Å². The van der Waals surface area contributed by atoms with E-state index in [0.29, 0.717) is 13.2 Å². The highest BCUT2D eigenvalue weighted by Crippen LogP contribution is 2.29. The van der Waals surface area contributed by atoms with Gasteiger partial charge in [0.25, 0.3) is 0 Å². The summed E-state index contributed by atoms with van der Waals surface area (Å²) in [6, 6.07) is 6.61. The summed E-state index contributed by atoms with van der Waals surface area (Å²) in [5.74, 6) is -0.210. The second kappa shape index (κ2) is 6.72. The lowest BCUT2D eigenvalue weighted by atomic mass is 9.85. The molecule has 1 aromatic carbocycles. The molecule has 0 N–H and O–H groups in total. The molecule has 0 aromatic heterocycles. The highest BCUT2D eigenvalue weighted by atomic mass is 79.9. The van der Waals surface area contributed by atoms with Gasteiger partial charge >= 0.3 is 0 Å². The monoisotopic (exact) mass is 352 g/mol. The average molecular weight is 354 g/mol. The van der Waals surface area contributed by atoms with E-state index in [1.807, 2.05) is 19.1 Å². The molecule has 0 aliphatic carbocycles. The average Bonchev–Trinajstić information content (AvgIpc) is 2.33. The molecule has 16 heavy (non-hydrogen) atoms. The van der Waals surface area contributed by atoms with Gasteiger partial charge in [0.05, 0.1) is 6.61 Å². The number of alkyl halides is 2. The molecule has 0 radical (unpaired) electrons. The molecule has 0 heterocycles. The topological polar surface area (TPSA) is 9.23 Å². The van der Waals surface area contributed by atoms with Crippen molar-refractivity contribution in [3.63, 3.8) is 0 Å². The van der Waals surface area contributed by atoms with E-state index >= 15 is 0 Å². The maximum absolute atomic E-state index is 12.9. The van der Waals surface area contributed by atoms with Crippen molar-refractivity contribution in [3.05, 3.63) is 35.6 Å². The van der Waals surface area contributed by atoms with E-state index in [2.05, 4.69) is 31.9 Å². The number of rotatable bonds is 6. The minimum atomic E-state index is -0.210. The Morgan fingerprint density at radius 2 is 1.75 bits per heavy atom. The third kappa shape index (κ3) is 3.28. The molecule has 0 bridgehead atoms. The molecule has 90 valence electrons. The van der Waals surface area contributed by atoms with Crippen LogP contribution in [0.2, 0.25) is 0 Å². The molecule has 0 unspecified atom stereocenters. The molecule has 4 heteroatoms. The first-order chi connectivity index (χ1) is 7.68. The Kier molecular flexibility index (Phi) is 5.94. The molecule has 0 aliphatic heterocycles. The molecule has 1 nitrogen and oxygen atoms in total. The maximum atomic E-state index is 12.9. The maximum Gasteiger partial charge on any atom is 0.123 e. The van der Waals surface area contributed by atoms with E-state index in [9.17, 15) is 4.39 Å². The van der Waals surface area contributed by atoms with E-state index in [-0.39, 0.29) is 11.2 Å². The summed E-state index contributed by atoms with van der Waals surface area (Å²) >= 11 is 7.03.